The van der Waals surface area contributed by atoms with E-state index < -0.39 is 37.1 Å². The molecule has 368 valence electrons. The molecule has 14 rings (SSSR count). The molecule has 77 heavy (non-hydrogen) atoms. The molecule has 6 nitrogen and oxygen atoms in total. The molecule has 0 saturated carbocycles. The second kappa shape index (κ2) is 18.3. The summed E-state index contributed by atoms with van der Waals surface area (Å²) in [7, 11) is 0. The Morgan fingerprint density at radius 3 is 2.01 bits per heavy atom. The molecule has 0 bridgehead atoms. The Balaban J connectivity index is 0.887. The summed E-state index contributed by atoms with van der Waals surface area (Å²) in [5.41, 5.74) is 13.3. The first-order valence-electron chi connectivity index (χ1n) is 29.6. The van der Waals surface area contributed by atoms with E-state index in [1.807, 2.05) is 89.5 Å². The van der Waals surface area contributed by atoms with Crippen LogP contribution in [0, 0.1) is 13.2 Å². The molecule has 0 unspecified atom stereocenters. The number of hydrogen-bond donors (Lipinski definition) is 0. The van der Waals surface area contributed by atoms with Gasteiger partial charge in [0.1, 0.15) is 28.5 Å². The van der Waals surface area contributed by atoms with Crippen molar-refractivity contribution in [2.24, 2.45) is 0 Å². The van der Waals surface area contributed by atoms with E-state index in [2.05, 4.69) is 151 Å². The minimum absolute atomic E-state index is 0.0704. The fourth-order valence-electron chi connectivity index (χ4n) is 11.0. The van der Waals surface area contributed by atoms with E-state index in [0.29, 0.717) is 17.0 Å². The zero-order chi connectivity index (χ0) is 58.6. The first-order chi connectivity index (χ1) is 41.0. The molecule has 0 radical (unpaired) electrons. The van der Waals surface area contributed by atoms with Crippen LogP contribution in [0.1, 0.15) is 42.9 Å². The molecule has 0 aliphatic carbocycles. The Hall–Kier alpha value is -9.78. The van der Waals surface area contributed by atoms with Gasteiger partial charge in [0.2, 0.25) is 0 Å². The fraction of sp³-hybridized carbons (Fsp3) is 0.0704. The number of aromatic nitrogens is 4. The molecule has 0 atom stereocenters. The SMILES string of the molecule is [2H]c1c([2H])c([2H])c(-c2cnc(-n3c4ccccc4c4ccc(Oc5cccc(-n6[c-][n+](-c7c(-c8cc(-c9ccccc9)c9oc%10c(-c%11ccccc%11)cccc%10c9c8)cccc7C(C)(C)C)c7ccccc76)c5)cc43)cc2C([2H])([2H])[2H])c([2H])c1[2H]. The van der Waals surface area contributed by atoms with Crippen molar-refractivity contribution in [3.63, 3.8) is 0 Å². The van der Waals surface area contributed by atoms with E-state index in [-0.39, 0.29) is 27.9 Å². The van der Waals surface area contributed by atoms with Crippen molar-refractivity contribution in [3.05, 3.63) is 260 Å². The molecule has 0 N–H and O–H groups in total. The van der Waals surface area contributed by atoms with Crippen molar-refractivity contribution in [2.45, 2.75) is 33.0 Å². The van der Waals surface area contributed by atoms with Crippen LogP contribution in [-0.2, 0) is 5.41 Å². The smallest absolute Gasteiger partial charge is 0.269 e. The van der Waals surface area contributed by atoms with Gasteiger partial charge in [-0.1, -0.05) is 197 Å². The Kier molecular flexibility index (Phi) is 8.98. The van der Waals surface area contributed by atoms with Gasteiger partial charge in [0.15, 0.2) is 0 Å². The summed E-state index contributed by atoms with van der Waals surface area (Å²) >= 11 is 0. The van der Waals surface area contributed by atoms with Crippen molar-refractivity contribution < 1.29 is 24.7 Å². The topological polar surface area (TPSA) is 49.0 Å². The number of rotatable bonds is 9. The number of aryl methyl sites for hydroxylation is 1. The Morgan fingerprint density at radius 1 is 0.532 bits per heavy atom. The molecule has 10 aromatic carbocycles. The monoisotopic (exact) mass is 1000 g/mol. The van der Waals surface area contributed by atoms with Crippen molar-refractivity contribution >= 4 is 54.8 Å². The predicted molar refractivity (Wildman–Crippen MR) is 315 cm³/mol. The van der Waals surface area contributed by atoms with E-state index in [1.54, 1.807) is 0 Å². The maximum Gasteiger partial charge on any atom is 0.269 e. The van der Waals surface area contributed by atoms with Crippen molar-refractivity contribution in [3.8, 4) is 73.2 Å². The third-order valence-corrected chi connectivity index (χ3v) is 14.6. The Morgan fingerprint density at radius 2 is 1.21 bits per heavy atom. The maximum atomic E-state index is 8.68. The van der Waals surface area contributed by atoms with Gasteiger partial charge in [-0.3, -0.25) is 13.7 Å². The molecular formula is C71H52N4O2. The summed E-state index contributed by atoms with van der Waals surface area (Å²) in [6.07, 6.45) is 5.13. The van der Waals surface area contributed by atoms with Crippen LogP contribution in [0.2, 0.25) is 0 Å². The maximum absolute atomic E-state index is 8.68. The largest absolute Gasteiger partial charge is 0.458 e. The van der Waals surface area contributed by atoms with Crippen LogP contribution in [0.4, 0.5) is 0 Å². The molecule has 0 aliphatic heterocycles. The van der Waals surface area contributed by atoms with Gasteiger partial charge in [0, 0.05) is 54.6 Å². The van der Waals surface area contributed by atoms with Crippen LogP contribution in [0.5, 0.6) is 11.5 Å². The number of nitrogens with zero attached hydrogens (tertiary/aromatic N) is 4. The highest BCUT2D eigenvalue weighted by molar-refractivity contribution is 6.15. The zero-order valence-electron chi connectivity index (χ0n) is 50.3. The normalized spacial score (nSPS) is 13.5. The lowest BCUT2D eigenvalue weighted by atomic mass is 9.83. The van der Waals surface area contributed by atoms with Crippen LogP contribution < -0.4 is 9.30 Å². The lowest BCUT2D eigenvalue weighted by molar-refractivity contribution is -0.572. The van der Waals surface area contributed by atoms with Gasteiger partial charge in [-0.2, -0.15) is 0 Å². The molecule has 4 heterocycles. The van der Waals surface area contributed by atoms with Gasteiger partial charge in [-0.05, 0) is 106 Å². The van der Waals surface area contributed by atoms with Crippen LogP contribution in [0.3, 0.4) is 0 Å². The lowest BCUT2D eigenvalue weighted by Crippen LogP contribution is -2.34. The molecule has 0 saturated heterocycles. The summed E-state index contributed by atoms with van der Waals surface area (Å²) in [6, 6.07) is 66.7. The van der Waals surface area contributed by atoms with Crippen molar-refractivity contribution in [1.82, 2.24) is 14.1 Å². The number of imidazole rings is 1. The molecule has 0 spiro atoms. The second-order valence-electron chi connectivity index (χ2n) is 20.3. The number of furan rings is 1. The third-order valence-electron chi connectivity index (χ3n) is 14.6. The van der Waals surface area contributed by atoms with E-state index in [0.717, 1.165) is 99.6 Å². The van der Waals surface area contributed by atoms with Gasteiger partial charge in [-0.15, -0.1) is 0 Å². The molecule has 6 heteroatoms. The molecule has 0 aliphatic rings. The summed E-state index contributed by atoms with van der Waals surface area (Å²) in [5.74, 6) is 1.33. The average molecular weight is 1000 g/mol. The molecule has 0 amide bonds. The predicted octanol–water partition coefficient (Wildman–Crippen LogP) is 18.2. The molecule has 14 aromatic rings. The highest BCUT2D eigenvalue weighted by Gasteiger charge is 2.27. The Bertz CT molecular complexity index is 4990. The van der Waals surface area contributed by atoms with Crippen molar-refractivity contribution in [2.75, 3.05) is 0 Å². The number of pyridine rings is 1. The standard InChI is InChI=1S/C71H52N4O2/c1-46-39-67(72-44-61(46)49-25-12-7-13-26-49)75-63-34-15-14-29-56(63)57-38-37-53(43-66(57)75)76-52-28-18-27-51(42-52)73-45-74(65-36-17-16-35-64(65)73)68-54(30-20-33-62(68)71(2,3)4)50-40-59(48-23-10-6-11-24-48)70-60(41-50)58-32-19-31-55(69(58)77-70)47-21-8-5-9-22-47/h5-44H,1-4H3/i1D3,7D,12D,13D,25D,26D. The number of ether oxygens (including phenoxy) is 1. The fourth-order valence-corrected chi connectivity index (χ4v) is 11.0. The van der Waals surface area contributed by atoms with Crippen molar-refractivity contribution in [1.29, 1.82) is 0 Å². The zero-order valence-corrected chi connectivity index (χ0v) is 42.3. The first-order valence-corrected chi connectivity index (χ1v) is 25.6. The average Bonchev–Trinajstić information content (AvgIpc) is 2.30. The molecular weight excluding hydrogens is 941 g/mol. The molecule has 0 fully saturated rings. The lowest BCUT2D eigenvalue weighted by Gasteiger charge is -2.26. The third kappa shape index (κ3) is 7.88. The summed E-state index contributed by atoms with van der Waals surface area (Å²) in [6.45, 7) is 3.99. The quantitative estimate of drug-likeness (QED) is 0.107. The van der Waals surface area contributed by atoms with Crippen LogP contribution in [0.15, 0.2) is 247 Å². The van der Waals surface area contributed by atoms with Gasteiger partial charge in [0.05, 0.1) is 40.3 Å². The minimum Gasteiger partial charge on any atom is -0.458 e. The molecule has 4 aromatic heterocycles. The van der Waals surface area contributed by atoms with E-state index in [4.69, 9.17) is 25.1 Å². The summed E-state index contributed by atoms with van der Waals surface area (Å²) < 4.78 is 87.9. The van der Waals surface area contributed by atoms with Gasteiger partial charge < -0.3 is 9.15 Å². The number of fused-ring (bicyclic) bond motifs is 7. The highest BCUT2D eigenvalue weighted by Crippen LogP contribution is 2.45. The van der Waals surface area contributed by atoms with E-state index >= 15 is 0 Å². The van der Waals surface area contributed by atoms with Crippen LogP contribution >= 0.6 is 0 Å². The Labute approximate surface area is 458 Å². The number of para-hydroxylation sites is 5. The summed E-state index contributed by atoms with van der Waals surface area (Å²) in [5, 5.41) is 3.81. The van der Waals surface area contributed by atoms with Gasteiger partial charge in [-0.25, -0.2) is 4.98 Å². The van der Waals surface area contributed by atoms with Crippen LogP contribution in [-0.4, -0.2) is 14.1 Å². The van der Waals surface area contributed by atoms with Gasteiger partial charge in [0.25, 0.3) is 6.33 Å². The summed E-state index contributed by atoms with van der Waals surface area (Å²) in [4.78, 5) is 4.76. The second-order valence-corrected chi connectivity index (χ2v) is 20.3. The minimum atomic E-state index is -2.75. The van der Waals surface area contributed by atoms with E-state index in [9.17, 15) is 0 Å². The highest BCUT2D eigenvalue weighted by atomic mass is 16.5. The number of benzene rings is 10. The first kappa shape index (κ1) is 37.9. The van der Waals surface area contributed by atoms with E-state index in [1.165, 1.54) is 12.3 Å². The van der Waals surface area contributed by atoms with Gasteiger partial charge >= 0.3 is 0 Å². The number of hydrogen-bond acceptors (Lipinski definition) is 3. The van der Waals surface area contributed by atoms with Crippen LogP contribution in [0.25, 0.3) is 116 Å².